The average molecular weight is 379 g/mol. The molecular formula is C19H17N5O2S. The number of nitrogens with one attached hydrogen (secondary N) is 1. The molecule has 4 aromatic rings. The maximum Gasteiger partial charge on any atom is 0.220 e. The molecule has 1 aliphatic rings. The summed E-state index contributed by atoms with van der Waals surface area (Å²) in [5.74, 6) is 1.01. The van der Waals surface area contributed by atoms with Crippen molar-refractivity contribution in [1.82, 2.24) is 25.1 Å². The predicted molar refractivity (Wildman–Crippen MR) is 103 cm³/mol. The maximum atomic E-state index is 11.5. The Balaban J connectivity index is 1.56. The van der Waals surface area contributed by atoms with Crippen molar-refractivity contribution in [3.8, 4) is 11.4 Å². The molecule has 0 saturated carbocycles. The van der Waals surface area contributed by atoms with Crippen molar-refractivity contribution in [2.75, 3.05) is 6.54 Å². The summed E-state index contributed by atoms with van der Waals surface area (Å²) in [6.07, 6.45) is 3.97. The molecule has 3 aromatic heterocycles. The second kappa shape index (κ2) is 6.31. The van der Waals surface area contributed by atoms with E-state index < -0.39 is 0 Å². The Hall–Kier alpha value is -3.00. The smallest absolute Gasteiger partial charge is 0.220 e. The fourth-order valence-electron chi connectivity index (χ4n) is 3.44. The van der Waals surface area contributed by atoms with Crippen LogP contribution in [0.15, 0.2) is 42.2 Å². The molecule has 1 N–H and O–H groups in total. The van der Waals surface area contributed by atoms with Gasteiger partial charge in [-0.25, -0.2) is 14.6 Å². The molecule has 1 aliphatic heterocycles. The van der Waals surface area contributed by atoms with Crippen molar-refractivity contribution in [3.05, 3.63) is 42.2 Å². The Morgan fingerprint density at radius 2 is 2.30 bits per heavy atom. The molecule has 1 saturated heterocycles. The van der Waals surface area contributed by atoms with E-state index in [9.17, 15) is 4.79 Å². The number of amides is 1. The third kappa shape index (κ3) is 2.82. The summed E-state index contributed by atoms with van der Waals surface area (Å²) in [6.45, 7) is 2.66. The van der Waals surface area contributed by atoms with E-state index in [2.05, 4.69) is 20.4 Å². The Labute approximate surface area is 159 Å². The number of thiazole rings is 1. The zero-order valence-electron chi connectivity index (χ0n) is 14.6. The zero-order valence-corrected chi connectivity index (χ0v) is 15.4. The quantitative estimate of drug-likeness (QED) is 0.590. The Morgan fingerprint density at radius 1 is 1.37 bits per heavy atom. The summed E-state index contributed by atoms with van der Waals surface area (Å²) >= 11 is 1.54. The Morgan fingerprint density at radius 3 is 3.15 bits per heavy atom. The number of hydrogen-bond acceptors (Lipinski definition) is 6. The molecule has 1 fully saturated rings. The minimum Gasteiger partial charge on any atom is -0.489 e. The van der Waals surface area contributed by atoms with Crippen molar-refractivity contribution in [2.45, 2.75) is 19.4 Å². The van der Waals surface area contributed by atoms with Gasteiger partial charge in [0.05, 0.1) is 27.6 Å². The molecule has 1 aromatic carbocycles. The number of aromatic nitrogens is 4. The first-order valence-electron chi connectivity index (χ1n) is 8.79. The number of rotatable bonds is 4. The highest BCUT2D eigenvalue weighted by Gasteiger charge is 2.28. The average Bonchev–Trinajstić information content (AvgIpc) is 3.40. The minimum absolute atomic E-state index is 0.0845. The normalized spacial score (nSPS) is 18.1. The van der Waals surface area contributed by atoms with Crippen molar-refractivity contribution in [1.29, 1.82) is 0 Å². The van der Waals surface area contributed by atoms with Gasteiger partial charge in [-0.05, 0) is 25.1 Å². The molecule has 136 valence electrons. The van der Waals surface area contributed by atoms with Gasteiger partial charge in [-0.1, -0.05) is 0 Å². The highest BCUT2D eigenvalue weighted by Crippen LogP contribution is 2.34. The maximum absolute atomic E-state index is 11.5. The van der Waals surface area contributed by atoms with Gasteiger partial charge < -0.3 is 10.1 Å². The Bertz CT molecular complexity index is 1150. The molecular weight excluding hydrogens is 362 g/mol. The summed E-state index contributed by atoms with van der Waals surface area (Å²) < 4.78 is 9.08. The number of pyridine rings is 1. The van der Waals surface area contributed by atoms with Crippen molar-refractivity contribution in [2.24, 2.45) is 5.92 Å². The first-order valence-corrected chi connectivity index (χ1v) is 9.67. The van der Waals surface area contributed by atoms with E-state index in [1.807, 2.05) is 36.7 Å². The van der Waals surface area contributed by atoms with Gasteiger partial charge in [-0.3, -0.25) is 4.79 Å². The summed E-state index contributed by atoms with van der Waals surface area (Å²) in [4.78, 5) is 20.4. The number of hydrogen-bond donors (Lipinski definition) is 1. The third-order valence-electron chi connectivity index (χ3n) is 4.94. The van der Waals surface area contributed by atoms with Gasteiger partial charge in [-0.15, -0.1) is 11.3 Å². The lowest BCUT2D eigenvalue weighted by atomic mass is 10.0. The number of ether oxygens (including phenoxy) is 1. The van der Waals surface area contributed by atoms with Gasteiger partial charge in [0.1, 0.15) is 11.9 Å². The van der Waals surface area contributed by atoms with Gasteiger partial charge in [0.15, 0.2) is 5.65 Å². The first-order chi connectivity index (χ1) is 13.2. The van der Waals surface area contributed by atoms with Gasteiger partial charge in [-0.2, -0.15) is 5.10 Å². The third-order valence-corrected chi connectivity index (χ3v) is 5.80. The van der Waals surface area contributed by atoms with Crippen LogP contribution in [0.3, 0.4) is 0 Å². The van der Waals surface area contributed by atoms with Crippen molar-refractivity contribution >= 4 is 38.5 Å². The van der Waals surface area contributed by atoms with E-state index in [1.54, 1.807) is 28.4 Å². The summed E-state index contributed by atoms with van der Waals surface area (Å²) in [5.41, 5.74) is 4.31. The molecule has 8 heteroatoms. The largest absolute Gasteiger partial charge is 0.489 e. The predicted octanol–water partition coefficient (Wildman–Crippen LogP) is 2.93. The molecule has 0 bridgehead atoms. The van der Waals surface area contributed by atoms with E-state index >= 15 is 0 Å². The van der Waals surface area contributed by atoms with Crippen LogP contribution in [-0.2, 0) is 4.79 Å². The second-order valence-corrected chi connectivity index (χ2v) is 7.56. The van der Waals surface area contributed by atoms with Gasteiger partial charge in [0.2, 0.25) is 5.91 Å². The molecule has 0 unspecified atom stereocenters. The lowest BCUT2D eigenvalue weighted by molar-refractivity contribution is -0.119. The second-order valence-electron chi connectivity index (χ2n) is 6.71. The number of fused-ring (bicyclic) bond motifs is 2. The molecule has 2 atom stereocenters. The fraction of sp³-hybridized carbons (Fsp3) is 0.263. The SMILES string of the molecule is C[C@@H](Oc1cc(-n2ncc3cccnc32)cc2ncsc12)[C@H]1CNC(=O)C1. The van der Waals surface area contributed by atoms with Gasteiger partial charge in [0, 0.05) is 36.5 Å². The number of benzene rings is 1. The molecule has 27 heavy (non-hydrogen) atoms. The van der Waals surface area contributed by atoms with Crippen molar-refractivity contribution < 1.29 is 9.53 Å². The van der Waals surface area contributed by atoms with Crippen LogP contribution in [0, 0.1) is 5.92 Å². The topological polar surface area (TPSA) is 81.9 Å². The van der Waals surface area contributed by atoms with Crippen LogP contribution in [0.2, 0.25) is 0 Å². The van der Waals surface area contributed by atoms with E-state index in [1.165, 1.54) is 0 Å². The van der Waals surface area contributed by atoms with Crippen LogP contribution in [-0.4, -0.2) is 38.3 Å². The molecule has 5 rings (SSSR count). The van der Waals surface area contributed by atoms with Gasteiger partial charge in [0.25, 0.3) is 0 Å². The van der Waals surface area contributed by atoms with Crippen LogP contribution in [0.25, 0.3) is 26.9 Å². The number of carbonyl (C=O) groups is 1. The zero-order chi connectivity index (χ0) is 18.4. The van der Waals surface area contributed by atoms with E-state index in [-0.39, 0.29) is 17.9 Å². The lowest BCUT2D eigenvalue weighted by Crippen LogP contribution is -2.25. The molecule has 0 aliphatic carbocycles. The van der Waals surface area contributed by atoms with Crippen LogP contribution in [0.1, 0.15) is 13.3 Å². The monoisotopic (exact) mass is 379 g/mol. The molecule has 1 amide bonds. The molecule has 0 spiro atoms. The van der Waals surface area contributed by atoms with Crippen LogP contribution < -0.4 is 10.1 Å². The number of carbonyl (C=O) groups excluding carboxylic acids is 1. The summed E-state index contributed by atoms with van der Waals surface area (Å²) in [5, 5.41) is 8.33. The molecule has 0 radical (unpaired) electrons. The summed E-state index contributed by atoms with van der Waals surface area (Å²) in [6, 6.07) is 7.84. The van der Waals surface area contributed by atoms with E-state index in [0.717, 1.165) is 32.7 Å². The minimum atomic E-state index is -0.0861. The molecule has 7 nitrogen and oxygen atoms in total. The van der Waals surface area contributed by atoms with E-state index in [4.69, 9.17) is 4.74 Å². The fourth-order valence-corrected chi connectivity index (χ4v) is 4.17. The van der Waals surface area contributed by atoms with Crippen molar-refractivity contribution in [3.63, 3.8) is 0 Å². The van der Waals surface area contributed by atoms with Crippen LogP contribution in [0.5, 0.6) is 5.75 Å². The molecule has 4 heterocycles. The first kappa shape index (κ1) is 16.2. The highest BCUT2D eigenvalue weighted by atomic mass is 32.1. The van der Waals surface area contributed by atoms with Crippen LogP contribution >= 0.6 is 11.3 Å². The lowest BCUT2D eigenvalue weighted by Gasteiger charge is -2.20. The highest BCUT2D eigenvalue weighted by molar-refractivity contribution is 7.17. The summed E-state index contributed by atoms with van der Waals surface area (Å²) in [7, 11) is 0. The number of nitrogens with zero attached hydrogens (tertiary/aromatic N) is 4. The Kier molecular flexibility index (Phi) is 3.78. The standard InChI is InChI=1S/C19H17N5O2S/c1-11(13-5-17(25)21-8-13)26-16-7-14(6-15-18(16)27-10-22-15)24-19-12(9-23-24)3-2-4-20-19/h2-4,6-7,9-11,13H,5,8H2,1H3,(H,21,25)/t11-,13-/m1/s1. The van der Waals surface area contributed by atoms with Crippen LogP contribution in [0.4, 0.5) is 0 Å². The van der Waals surface area contributed by atoms with E-state index in [0.29, 0.717) is 13.0 Å². The van der Waals surface area contributed by atoms with Gasteiger partial charge >= 0.3 is 0 Å².